The van der Waals surface area contributed by atoms with Gasteiger partial charge in [0.2, 0.25) is 5.75 Å². The Balaban J connectivity index is 2.55. The van der Waals surface area contributed by atoms with Crippen LogP contribution in [0, 0.1) is 0 Å². The molecule has 9 nitrogen and oxygen atoms in total. The molecule has 0 aliphatic rings. The van der Waals surface area contributed by atoms with Gasteiger partial charge in [-0.3, -0.25) is 10.2 Å². The molecule has 9 heteroatoms. The van der Waals surface area contributed by atoms with E-state index in [2.05, 4.69) is 15.6 Å². The second-order valence-corrected chi connectivity index (χ2v) is 5.82. The Hall–Kier alpha value is -3.88. The monoisotopic (exact) mass is 416 g/mol. The minimum absolute atomic E-state index is 0.232. The van der Waals surface area contributed by atoms with E-state index < -0.39 is 12.0 Å². The molecule has 0 bridgehead atoms. The molecule has 2 aromatic rings. The van der Waals surface area contributed by atoms with Crippen molar-refractivity contribution in [1.82, 2.24) is 10.9 Å². The maximum Gasteiger partial charge on any atom is 0.425 e. The highest BCUT2D eigenvalue weighted by atomic mass is 16.5. The first kappa shape index (κ1) is 22.4. The fourth-order valence-corrected chi connectivity index (χ4v) is 2.61. The molecule has 30 heavy (non-hydrogen) atoms. The number of nitrogens with one attached hydrogen (secondary N) is 2. The SMILES string of the molecule is COC(=O)NNC(=O)/C(=C/c1ccc(OC)cc1)c1cc(OC)c(OC)c(OC)c1. The number of hydrogen-bond acceptors (Lipinski definition) is 7. The van der Waals surface area contributed by atoms with E-state index in [0.29, 0.717) is 28.6 Å². The number of carbonyl (C=O) groups is 2. The summed E-state index contributed by atoms with van der Waals surface area (Å²) in [5.74, 6) is 1.24. The first-order valence-corrected chi connectivity index (χ1v) is 8.77. The van der Waals surface area contributed by atoms with Gasteiger partial charge < -0.3 is 23.7 Å². The molecule has 0 fully saturated rings. The minimum atomic E-state index is -0.808. The summed E-state index contributed by atoms with van der Waals surface area (Å²) in [4.78, 5) is 24.2. The predicted molar refractivity (Wildman–Crippen MR) is 111 cm³/mol. The predicted octanol–water partition coefficient (Wildman–Crippen LogP) is 2.65. The molecule has 2 aromatic carbocycles. The van der Waals surface area contributed by atoms with Crippen LogP contribution in [0.3, 0.4) is 0 Å². The quantitative estimate of drug-likeness (QED) is 0.406. The fourth-order valence-electron chi connectivity index (χ4n) is 2.61. The fraction of sp³-hybridized carbons (Fsp3) is 0.238. The van der Waals surface area contributed by atoms with Crippen LogP contribution in [0.25, 0.3) is 11.6 Å². The summed E-state index contributed by atoms with van der Waals surface area (Å²) in [5.41, 5.74) is 5.90. The molecular formula is C21H24N2O7. The van der Waals surface area contributed by atoms with Crippen molar-refractivity contribution in [3.63, 3.8) is 0 Å². The molecule has 2 rings (SSSR count). The molecule has 0 saturated carbocycles. The lowest BCUT2D eigenvalue weighted by Gasteiger charge is -2.16. The van der Waals surface area contributed by atoms with Crippen molar-refractivity contribution in [3.05, 3.63) is 47.5 Å². The zero-order valence-corrected chi connectivity index (χ0v) is 17.4. The van der Waals surface area contributed by atoms with Gasteiger partial charge in [0.05, 0.1) is 35.5 Å². The summed E-state index contributed by atoms with van der Waals surface area (Å²) in [7, 11) is 7.20. The molecule has 0 saturated heterocycles. The minimum Gasteiger partial charge on any atom is -0.497 e. The van der Waals surface area contributed by atoms with Crippen molar-refractivity contribution in [3.8, 4) is 23.0 Å². The van der Waals surface area contributed by atoms with Crippen LogP contribution < -0.4 is 29.8 Å². The van der Waals surface area contributed by atoms with Gasteiger partial charge >= 0.3 is 6.09 Å². The Kier molecular flexibility index (Phi) is 7.92. The largest absolute Gasteiger partial charge is 0.497 e. The van der Waals surface area contributed by atoms with Gasteiger partial charge in [-0.2, -0.15) is 0 Å². The molecule has 0 aromatic heterocycles. The molecule has 0 spiro atoms. The Morgan fingerprint density at radius 1 is 0.800 bits per heavy atom. The lowest BCUT2D eigenvalue weighted by atomic mass is 10.0. The number of carbonyl (C=O) groups excluding carboxylic acids is 2. The maximum absolute atomic E-state index is 12.9. The van der Waals surface area contributed by atoms with Gasteiger partial charge in [-0.05, 0) is 41.5 Å². The van der Waals surface area contributed by atoms with Crippen molar-refractivity contribution >= 4 is 23.6 Å². The molecule has 0 aliphatic carbocycles. The topological polar surface area (TPSA) is 104 Å². The van der Waals surface area contributed by atoms with Crippen LogP contribution in [0.5, 0.6) is 23.0 Å². The smallest absolute Gasteiger partial charge is 0.425 e. The van der Waals surface area contributed by atoms with E-state index in [9.17, 15) is 9.59 Å². The van der Waals surface area contributed by atoms with E-state index >= 15 is 0 Å². The number of benzene rings is 2. The summed E-state index contributed by atoms with van der Waals surface area (Å²) < 4.78 is 25.7. The second-order valence-electron chi connectivity index (χ2n) is 5.82. The van der Waals surface area contributed by atoms with Crippen LogP contribution in [0.1, 0.15) is 11.1 Å². The molecule has 0 unspecified atom stereocenters. The average Bonchev–Trinajstić information content (AvgIpc) is 2.79. The highest BCUT2D eigenvalue weighted by molar-refractivity contribution is 6.24. The highest BCUT2D eigenvalue weighted by Gasteiger charge is 2.19. The van der Waals surface area contributed by atoms with E-state index in [1.807, 2.05) is 0 Å². The number of rotatable bonds is 7. The number of hydrogen-bond donors (Lipinski definition) is 2. The van der Waals surface area contributed by atoms with Crippen molar-refractivity contribution in [2.45, 2.75) is 0 Å². The molecule has 2 N–H and O–H groups in total. The first-order chi connectivity index (χ1) is 14.5. The molecular weight excluding hydrogens is 392 g/mol. The van der Waals surface area contributed by atoms with Gasteiger partial charge in [0.15, 0.2) is 11.5 Å². The summed E-state index contributed by atoms with van der Waals surface area (Å²) >= 11 is 0. The molecule has 160 valence electrons. The van der Waals surface area contributed by atoms with Gasteiger partial charge in [0.1, 0.15) is 5.75 Å². The van der Waals surface area contributed by atoms with Crippen molar-refractivity contribution < 1.29 is 33.3 Å². The molecule has 2 amide bonds. The Bertz CT molecular complexity index is 898. The zero-order valence-electron chi connectivity index (χ0n) is 17.4. The van der Waals surface area contributed by atoms with Crippen molar-refractivity contribution in [2.24, 2.45) is 0 Å². The molecule has 0 atom stereocenters. The summed E-state index contributed by atoms with van der Waals surface area (Å²) in [5, 5.41) is 0. The van der Waals surface area contributed by atoms with Crippen LogP contribution in [-0.4, -0.2) is 47.5 Å². The number of hydrazine groups is 1. The van der Waals surface area contributed by atoms with Gasteiger partial charge in [0, 0.05) is 5.57 Å². The van der Waals surface area contributed by atoms with E-state index in [4.69, 9.17) is 18.9 Å². The van der Waals surface area contributed by atoms with E-state index in [0.717, 1.165) is 5.56 Å². The van der Waals surface area contributed by atoms with Crippen LogP contribution >= 0.6 is 0 Å². The van der Waals surface area contributed by atoms with Crippen LogP contribution in [0.15, 0.2) is 36.4 Å². The summed E-state index contributed by atoms with van der Waals surface area (Å²) in [6.45, 7) is 0. The Morgan fingerprint density at radius 3 is 1.87 bits per heavy atom. The van der Waals surface area contributed by atoms with Crippen LogP contribution in [0.4, 0.5) is 4.79 Å². The molecule has 0 heterocycles. The average molecular weight is 416 g/mol. The second kappa shape index (κ2) is 10.6. The van der Waals surface area contributed by atoms with E-state index in [-0.39, 0.29) is 5.57 Å². The van der Waals surface area contributed by atoms with Crippen molar-refractivity contribution in [1.29, 1.82) is 0 Å². The molecule has 0 radical (unpaired) electrons. The van der Waals surface area contributed by atoms with Crippen LogP contribution in [-0.2, 0) is 9.53 Å². The first-order valence-electron chi connectivity index (χ1n) is 8.77. The number of ether oxygens (including phenoxy) is 5. The zero-order chi connectivity index (χ0) is 22.1. The third-order valence-electron chi connectivity index (χ3n) is 4.11. The Labute approximate surface area is 174 Å². The third-order valence-corrected chi connectivity index (χ3v) is 4.11. The van der Waals surface area contributed by atoms with E-state index in [1.54, 1.807) is 49.6 Å². The lowest BCUT2D eigenvalue weighted by Crippen LogP contribution is -2.41. The standard InChI is InChI=1S/C21H24N2O7/c1-26-15-8-6-13(7-9-15)10-16(20(24)22-23-21(25)30-5)14-11-17(27-2)19(29-4)18(12-14)28-3/h6-12H,1-5H3,(H,22,24)(H,23,25)/b16-10+. The normalized spacial score (nSPS) is 10.6. The van der Waals surface area contributed by atoms with Crippen LogP contribution in [0.2, 0.25) is 0 Å². The maximum atomic E-state index is 12.9. The highest BCUT2D eigenvalue weighted by Crippen LogP contribution is 2.40. The summed E-state index contributed by atoms with van der Waals surface area (Å²) in [6, 6.07) is 10.4. The summed E-state index contributed by atoms with van der Waals surface area (Å²) in [6.07, 6.45) is 0.839. The Morgan fingerprint density at radius 2 is 1.40 bits per heavy atom. The van der Waals surface area contributed by atoms with Gasteiger partial charge in [-0.1, -0.05) is 12.1 Å². The number of methoxy groups -OCH3 is 5. The third kappa shape index (κ3) is 5.34. The molecule has 0 aliphatic heterocycles. The van der Waals surface area contributed by atoms with Gasteiger partial charge in [-0.25, -0.2) is 10.2 Å². The van der Waals surface area contributed by atoms with Gasteiger partial charge in [0.25, 0.3) is 5.91 Å². The number of amides is 2. The van der Waals surface area contributed by atoms with Crippen molar-refractivity contribution in [2.75, 3.05) is 35.5 Å². The lowest BCUT2D eigenvalue weighted by molar-refractivity contribution is -0.116. The van der Waals surface area contributed by atoms with Gasteiger partial charge in [-0.15, -0.1) is 0 Å². The van der Waals surface area contributed by atoms with E-state index in [1.165, 1.54) is 28.4 Å².